The maximum absolute atomic E-state index is 12.8. The summed E-state index contributed by atoms with van der Waals surface area (Å²) < 4.78 is 18.3. The Bertz CT molecular complexity index is 844. The first-order chi connectivity index (χ1) is 11.6. The van der Waals surface area contributed by atoms with Gasteiger partial charge < -0.3 is 9.73 Å². The van der Waals surface area contributed by atoms with E-state index in [4.69, 9.17) is 16.6 Å². The fraction of sp³-hybridized carbons (Fsp3) is 0.0588. The minimum atomic E-state index is -0.433. The zero-order valence-electron chi connectivity index (χ0n) is 12.5. The number of hydrazine groups is 1. The molecule has 24 heavy (non-hydrogen) atoms. The lowest BCUT2D eigenvalue weighted by molar-refractivity contribution is 0.0918. The van der Waals surface area contributed by atoms with Gasteiger partial charge in [0.15, 0.2) is 10.9 Å². The van der Waals surface area contributed by atoms with Crippen LogP contribution in [0.3, 0.4) is 0 Å². The first kappa shape index (κ1) is 15.9. The molecule has 0 atom stereocenters. The summed E-state index contributed by atoms with van der Waals surface area (Å²) in [5.41, 5.74) is 6.56. The van der Waals surface area contributed by atoms with Crippen LogP contribution in [0.15, 0.2) is 59.0 Å². The smallest absolute Gasteiger partial charge is 0.305 e. The van der Waals surface area contributed by atoms with Crippen LogP contribution in [0.25, 0.3) is 11.0 Å². The van der Waals surface area contributed by atoms with E-state index in [1.165, 1.54) is 12.1 Å². The van der Waals surface area contributed by atoms with Crippen LogP contribution in [-0.2, 0) is 6.54 Å². The van der Waals surface area contributed by atoms with Gasteiger partial charge in [0.2, 0.25) is 0 Å². The molecule has 2 aromatic carbocycles. The number of nitrogens with one attached hydrogen (secondary N) is 3. The first-order valence-corrected chi connectivity index (χ1v) is 7.60. The van der Waals surface area contributed by atoms with Crippen molar-refractivity contribution in [2.24, 2.45) is 0 Å². The SMILES string of the molecule is O=C(NNC(=S)NCc1ccc(F)cc1)c1cc2ccccc2o1. The van der Waals surface area contributed by atoms with Crippen LogP contribution in [0, 0.1) is 5.82 Å². The van der Waals surface area contributed by atoms with E-state index >= 15 is 0 Å². The molecule has 0 radical (unpaired) electrons. The predicted molar refractivity (Wildman–Crippen MR) is 92.7 cm³/mol. The molecule has 0 aliphatic rings. The maximum atomic E-state index is 12.8. The molecule has 0 saturated carbocycles. The molecule has 1 amide bonds. The quantitative estimate of drug-likeness (QED) is 0.504. The lowest BCUT2D eigenvalue weighted by Crippen LogP contribution is -2.46. The van der Waals surface area contributed by atoms with Crippen LogP contribution in [0.1, 0.15) is 16.1 Å². The average molecular weight is 343 g/mol. The van der Waals surface area contributed by atoms with Crippen LogP contribution in [-0.4, -0.2) is 11.0 Å². The number of halogens is 1. The standard InChI is InChI=1S/C17H14FN3O2S/c18-13-7-5-11(6-8-13)10-19-17(24)21-20-16(22)15-9-12-3-1-2-4-14(12)23-15/h1-9H,10H2,(H,20,22)(H2,19,21,24). The van der Waals surface area contributed by atoms with Crippen molar-refractivity contribution in [1.82, 2.24) is 16.2 Å². The van der Waals surface area contributed by atoms with E-state index in [0.29, 0.717) is 12.1 Å². The fourth-order valence-electron chi connectivity index (χ4n) is 2.10. The summed E-state index contributed by atoms with van der Waals surface area (Å²) in [5, 5.41) is 3.99. The summed E-state index contributed by atoms with van der Waals surface area (Å²) in [5.74, 6) is -0.542. The van der Waals surface area contributed by atoms with Crippen LogP contribution in [0.5, 0.6) is 0 Å². The van der Waals surface area contributed by atoms with Crippen LogP contribution in [0.4, 0.5) is 4.39 Å². The highest BCUT2D eigenvalue weighted by Crippen LogP contribution is 2.18. The number of hydrogen-bond donors (Lipinski definition) is 3. The monoisotopic (exact) mass is 343 g/mol. The molecule has 0 spiro atoms. The Balaban J connectivity index is 1.50. The predicted octanol–water partition coefficient (Wildman–Crippen LogP) is 2.88. The number of benzene rings is 2. The van der Waals surface area contributed by atoms with E-state index in [2.05, 4.69) is 16.2 Å². The number of para-hydroxylation sites is 1. The summed E-state index contributed by atoms with van der Waals surface area (Å²) in [4.78, 5) is 12.0. The average Bonchev–Trinajstić information content (AvgIpc) is 3.03. The molecule has 3 rings (SSSR count). The lowest BCUT2D eigenvalue weighted by Gasteiger charge is -2.10. The van der Waals surface area contributed by atoms with Gasteiger partial charge in [0.05, 0.1) is 0 Å². The third-order valence-electron chi connectivity index (χ3n) is 3.31. The van der Waals surface area contributed by atoms with Crippen molar-refractivity contribution in [2.45, 2.75) is 6.54 Å². The van der Waals surface area contributed by atoms with E-state index in [0.717, 1.165) is 10.9 Å². The molecular formula is C17H14FN3O2S. The number of thiocarbonyl (C=S) groups is 1. The van der Waals surface area contributed by atoms with Gasteiger partial charge in [-0.05, 0) is 42.0 Å². The molecule has 3 N–H and O–H groups in total. The van der Waals surface area contributed by atoms with Gasteiger partial charge in [0.25, 0.3) is 0 Å². The van der Waals surface area contributed by atoms with Gasteiger partial charge >= 0.3 is 5.91 Å². The highest BCUT2D eigenvalue weighted by Gasteiger charge is 2.11. The molecule has 0 bridgehead atoms. The molecule has 0 aliphatic heterocycles. The Morgan fingerprint density at radius 3 is 2.58 bits per heavy atom. The van der Waals surface area contributed by atoms with Crippen molar-refractivity contribution in [3.63, 3.8) is 0 Å². The molecule has 5 nitrogen and oxygen atoms in total. The summed E-state index contributed by atoms with van der Waals surface area (Å²) in [6, 6.07) is 15.0. The number of carbonyl (C=O) groups excluding carboxylic acids is 1. The second-order valence-corrected chi connectivity index (χ2v) is 5.44. The molecule has 0 aliphatic carbocycles. The van der Waals surface area contributed by atoms with Gasteiger partial charge in [0.1, 0.15) is 11.4 Å². The first-order valence-electron chi connectivity index (χ1n) is 7.19. The van der Waals surface area contributed by atoms with Crippen molar-refractivity contribution < 1.29 is 13.6 Å². The second kappa shape index (κ2) is 7.10. The maximum Gasteiger partial charge on any atom is 0.305 e. The Morgan fingerprint density at radius 2 is 1.83 bits per heavy atom. The lowest BCUT2D eigenvalue weighted by atomic mass is 10.2. The third-order valence-corrected chi connectivity index (χ3v) is 3.55. The topological polar surface area (TPSA) is 66.3 Å². The van der Waals surface area contributed by atoms with E-state index in [1.807, 2.05) is 18.2 Å². The van der Waals surface area contributed by atoms with E-state index in [1.54, 1.807) is 24.3 Å². The number of furan rings is 1. The van der Waals surface area contributed by atoms with E-state index < -0.39 is 5.91 Å². The molecule has 0 unspecified atom stereocenters. The largest absolute Gasteiger partial charge is 0.451 e. The van der Waals surface area contributed by atoms with Gasteiger partial charge in [-0.25, -0.2) is 4.39 Å². The molecule has 122 valence electrons. The fourth-order valence-corrected chi connectivity index (χ4v) is 2.22. The highest BCUT2D eigenvalue weighted by atomic mass is 32.1. The number of amides is 1. The van der Waals surface area contributed by atoms with E-state index in [9.17, 15) is 9.18 Å². The third kappa shape index (κ3) is 3.88. The minimum absolute atomic E-state index is 0.185. The van der Waals surface area contributed by atoms with Crippen molar-refractivity contribution >= 4 is 34.2 Å². The number of rotatable bonds is 3. The summed E-state index contributed by atoms with van der Waals surface area (Å²) in [6.45, 7) is 0.409. The van der Waals surface area contributed by atoms with Gasteiger partial charge in [-0.1, -0.05) is 30.3 Å². The van der Waals surface area contributed by atoms with E-state index in [-0.39, 0.29) is 16.7 Å². The number of hydrogen-bond acceptors (Lipinski definition) is 3. The molecule has 0 fully saturated rings. The summed E-state index contributed by atoms with van der Waals surface area (Å²) >= 11 is 5.07. The van der Waals surface area contributed by atoms with Gasteiger partial charge in [-0.15, -0.1) is 0 Å². The van der Waals surface area contributed by atoms with Crippen molar-refractivity contribution in [1.29, 1.82) is 0 Å². The van der Waals surface area contributed by atoms with Gasteiger partial charge in [0, 0.05) is 11.9 Å². The molecule has 3 aromatic rings. The highest BCUT2D eigenvalue weighted by molar-refractivity contribution is 7.80. The van der Waals surface area contributed by atoms with Gasteiger partial charge in [-0.2, -0.15) is 0 Å². The van der Waals surface area contributed by atoms with Crippen molar-refractivity contribution in [3.8, 4) is 0 Å². The Hall–Kier alpha value is -2.93. The Morgan fingerprint density at radius 1 is 1.08 bits per heavy atom. The molecule has 0 saturated heterocycles. The van der Waals surface area contributed by atoms with Crippen molar-refractivity contribution in [2.75, 3.05) is 0 Å². The van der Waals surface area contributed by atoms with Gasteiger partial charge in [-0.3, -0.25) is 15.6 Å². The number of carbonyl (C=O) groups is 1. The van der Waals surface area contributed by atoms with Crippen LogP contribution < -0.4 is 16.2 Å². The molecule has 1 aromatic heterocycles. The summed E-state index contributed by atoms with van der Waals surface area (Å²) in [7, 11) is 0. The zero-order valence-corrected chi connectivity index (χ0v) is 13.3. The molecule has 1 heterocycles. The minimum Gasteiger partial charge on any atom is -0.451 e. The number of fused-ring (bicyclic) bond motifs is 1. The van der Waals surface area contributed by atoms with Crippen LogP contribution >= 0.6 is 12.2 Å². The summed E-state index contributed by atoms with van der Waals surface area (Å²) in [6.07, 6.45) is 0. The Labute approximate surface area is 142 Å². The zero-order chi connectivity index (χ0) is 16.9. The Kier molecular flexibility index (Phi) is 4.72. The van der Waals surface area contributed by atoms with Crippen LogP contribution in [0.2, 0.25) is 0 Å². The molecular weight excluding hydrogens is 329 g/mol. The van der Waals surface area contributed by atoms with Crippen molar-refractivity contribution in [3.05, 3.63) is 71.7 Å². The normalized spacial score (nSPS) is 10.4. The second-order valence-electron chi connectivity index (χ2n) is 5.04. The molecule has 7 heteroatoms.